The van der Waals surface area contributed by atoms with Gasteiger partial charge in [0.05, 0.1) is 5.56 Å². The van der Waals surface area contributed by atoms with Crippen molar-refractivity contribution in [3.8, 4) is 28.1 Å². The molecule has 0 N–H and O–H groups in total. The van der Waals surface area contributed by atoms with Crippen LogP contribution in [0.15, 0.2) is 57.5 Å². The molecule has 0 spiro atoms. The van der Waals surface area contributed by atoms with Gasteiger partial charge in [-0.25, -0.2) is 0 Å². The van der Waals surface area contributed by atoms with Crippen molar-refractivity contribution in [2.75, 3.05) is 0 Å². The fraction of sp³-hybridized carbons (Fsp3) is 0.0625. The molecule has 3 aromatic rings. The van der Waals surface area contributed by atoms with E-state index >= 15 is 0 Å². The number of aromatic nitrogens is 1. The van der Waals surface area contributed by atoms with Crippen molar-refractivity contribution >= 4 is 15.9 Å². The van der Waals surface area contributed by atoms with Gasteiger partial charge in [0.15, 0.2) is 5.76 Å². The first-order chi connectivity index (χ1) is 9.83. The molecule has 2 aromatic carbocycles. The van der Waals surface area contributed by atoms with Gasteiger partial charge in [0, 0.05) is 15.6 Å². The van der Waals surface area contributed by atoms with Crippen LogP contribution < -0.4 is 4.74 Å². The average Bonchev–Trinajstić information content (AvgIpc) is 2.92. The van der Waals surface area contributed by atoms with Crippen LogP contribution in [0.5, 0.6) is 5.75 Å². The third kappa shape index (κ3) is 1.76. The molecule has 1 aliphatic rings. The van der Waals surface area contributed by atoms with E-state index in [1.54, 1.807) is 0 Å². The van der Waals surface area contributed by atoms with Crippen molar-refractivity contribution < 1.29 is 9.26 Å². The van der Waals surface area contributed by atoms with Crippen molar-refractivity contribution in [1.29, 1.82) is 0 Å². The van der Waals surface area contributed by atoms with Gasteiger partial charge in [0.2, 0.25) is 0 Å². The Labute approximate surface area is 124 Å². The Morgan fingerprint density at radius 2 is 1.80 bits per heavy atom. The number of benzene rings is 2. The number of halogens is 1. The highest BCUT2D eigenvalue weighted by Gasteiger charge is 2.25. The Bertz CT molecular complexity index is 777. The van der Waals surface area contributed by atoms with Crippen molar-refractivity contribution in [1.82, 2.24) is 5.16 Å². The van der Waals surface area contributed by atoms with E-state index in [1.807, 2.05) is 48.5 Å². The SMILES string of the molecule is Brc1ccc(-c2noc3c2-c2ccccc2OC3)cc1. The summed E-state index contributed by atoms with van der Waals surface area (Å²) in [5.74, 6) is 1.66. The molecular formula is C16H10BrNO2. The van der Waals surface area contributed by atoms with Crippen LogP contribution in [-0.2, 0) is 6.61 Å². The fourth-order valence-corrected chi connectivity index (χ4v) is 2.71. The first-order valence-electron chi connectivity index (χ1n) is 6.29. The van der Waals surface area contributed by atoms with Crippen LogP contribution in [0, 0.1) is 0 Å². The molecule has 0 bridgehead atoms. The van der Waals surface area contributed by atoms with Crippen LogP contribution in [0.3, 0.4) is 0 Å². The molecule has 4 heteroatoms. The van der Waals surface area contributed by atoms with E-state index in [0.717, 1.165) is 38.4 Å². The lowest BCUT2D eigenvalue weighted by Crippen LogP contribution is -2.03. The normalized spacial score (nSPS) is 12.4. The van der Waals surface area contributed by atoms with E-state index in [2.05, 4.69) is 21.1 Å². The number of rotatable bonds is 1. The van der Waals surface area contributed by atoms with Crippen molar-refractivity contribution in [3.63, 3.8) is 0 Å². The van der Waals surface area contributed by atoms with E-state index in [1.165, 1.54) is 0 Å². The molecule has 2 heterocycles. The Hall–Kier alpha value is -2.07. The number of hydrogen-bond acceptors (Lipinski definition) is 3. The Morgan fingerprint density at radius 3 is 2.65 bits per heavy atom. The average molecular weight is 328 g/mol. The van der Waals surface area contributed by atoms with Gasteiger partial charge >= 0.3 is 0 Å². The zero-order valence-electron chi connectivity index (χ0n) is 10.5. The Kier molecular flexibility index (Phi) is 2.63. The molecule has 0 saturated heterocycles. The quantitative estimate of drug-likeness (QED) is 0.651. The predicted octanol–water partition coefficient (Wildman–Crippen LogP) is 4.66. The van der Waals surface area contributed by atoms with Crippen LogP contribution in [0.25, 0.3) is 22.4 Å². The van der Waals surface area contributed by atoms with Gasteiger partial charge in [-0.05, 0) is 18.2 Å². The van der Waals surface area contributed by atoms with Crippen LogP contribution in [-0.4, -0.2) is 5.16 Å². The van der Waals surface area contributed by atoms with Crippen molar-refractivity contribution in [2.45, 2.75) is 6.61 Å². The number of ether oxygens (including phenoxy) is 1. The first-order valence-corrected chi connectivity index (χ1v) is 7.09. The summed E-state index contributed by atoms with van der Waals surface area (Å²) in [5, 5.41) is 4.23. The second kappa shape index (κ2) is 4.49. The Morgan fingerprint density at radius 1 is 1.00 bits per heavy atom. The van der Waals surface area contributed by atoms with Gasteiger partial charge in [0.25, 0.3) is 0 Å². The topological polar surface area (TPSA) is 35.3 Å². The van der Waals surface area contributed by atoms with E-state index in [4.69, 9.17) is 9.26 Å². The second-order valence-electron chi connectivity index (χ2n) is 4.62. The monoisotopic (exact) mass is 327 g/mol. The van der Waals surface area contributed by atoms with Gasteiger partial charge in [-0.1, -0.05) is 51.4 Å². The summed E-state index contributed by atoms with van der Waals surface area (Å²) >= 11 is 3.45. The minimum Gasteiger partial charge on any atom is -0.485 e. The lowest BCUT2D eigenvalue weighted by molar-refractivity contribution is 0.246. The third-order valence-corrected chi connectivity index (χ3v) is 3.92. The summed E-state index contributed by atoms with van der Waals surface area (Å²) in [4.78, 5) is 0. The molecule has 0 atom stereocenters. The first kappa shape index (κ1) is 11.7. The van der Waals surface area contributed by atoms with Crippen molar-refractivity contribution in [3.05, 3.63) is 58.8 Å². The van der Waals surface area contributed by atoms with Gasteiger partial charge < -0.3 is 9.26 Å². The maximum atomic E-state index is 5.68. The largest absolute Gasteiger partial charge is 0.485 e. The summed E-state index contributed by atoms with van der Waals surface area (Å²) in [5.41, 5.74) is 3.97. The van der Waals surface area contributed by atoms with Crippen molar-refractivity contribution in [2.24, 2.45) is 0 Å². The molecular weight excluding hydrogens is 318 g/mol. The molecule has 1 aromatic heterocycles. The highest BCUT2D eigenvalue weighted by atomic mass is 79.9. The molecule has 0 fully saturated rings. The summed E-state index contributed by atoms with van der Waals surface area (Å²) in [6, 6.07) is 16.0. The molecule has 0 aliphatic carbocycles. The van der Waals surface area contributed by atoms with Crippen LogP contribution >= 0.6 is 15.9 Å². The van der Waals surface area contributed by atoms with Gasteiger partial charge in [-0.3, -0.25) is 0 Å². The Balaban J connectivity index is 1.93. The number of hydrogen-bond donors (Lipinski definition) is 0. The van der Waals surface area contributed by atoms with E-state index in [0.29, 0.717) is 6.61 Å². The summed E-state index contributed by atoms with van der Waals surface area (Å²) < 4.78 is 12.2. The number of para-hydroxylation sites is 1. The number of nitrogens with zero attached hydrogens (tertiary/aromatic N) is 1. The van der Waals surface area contributed by atoms with E-state index in [-0.39, 0.29) is 0 Å². The second-order valence-corrected chi connectivity index (χ2v) is 5.54. The minimum absolute atomic E-state index is 0.426. The molecule has 20 heavy (non-hydrogen) atoms. The maximum absolute atomic E-state index is 5.68. The zero-order valence-corrected chi connectivity index (χ0v) is 12.1. The molecule has 0 amide bonds. The molecule has 98 valence electrons. The van der Waals surface area contributed by atoms with E-state index in [9.17, 15) is 0 Å². The van der Waals surface area contributed by atoms with Crippen LogP contribution in [0.4, 0.5) is 0 Å². The molecule has 0 saturated carbocycles. The zero-order chi connectivity index (χ0) is 13.5. The van der Waals surface area contributed by atoms with Gasteiger partial charge in [-0.2, -0.15) is 0 Å². The van der Waals surface area contributed by atoms with Gasteiger partial charge in [-0.15, -0.1) is 0 Å². The summed E-state index contributed by atoms with van der Waals surface area (Å²) in [6.07, 6.45) is 0. The van der Waals surface area contributed by atoms with Gasteiger partial charge in [0.1, 0.15) is 18.1 Å². The maximum Gasteiger partial charge on any atom is 0.182 e. The van der Waals surface area contributed by atoms with Crippen LogP contribution in [0.2, 0.25) is 0 Å². The highest BCUT2D eigenvalue weighted by molar-refractivity contribution is 9.10. The third-order valence-electron chi connectivity index (χ3n) is 3.40. The van der Waals surface area contributed by atoms with E-state index < -0.39 is 0 Å². The molecule has 1 aliphatic heterocycles. The minimum atomic E-state index is 0.426. The standard InChI is InChI=1S/C16H10BrNO2/c17-11-7-5-10(6-8-11)16-15-12-3-1-2-4-13(12)19-9-14(15)20-18-16/h1-8H,9H2. The predicted molar refractivity (Wildman–Crippen MR) is 79.4 cm³/mol. The lowest BCUT2D eigenvalue weighted by atomic mass is 9.97. The molecule has 0 radical (unpaired) electrons. The lowest BCUT2D eigenvalue weighted by Gasteiger charge is -2.16. The highest BCUT2D eigenvalue weighted by Crippen LogP contribution is 2.42. The summed E-state index contributed by atoms with van der Waals surface area (Å²) in [7, 11) is 0. The summed E-state index contributed by atoms with van der Waals surface area (Å²) in [6.45, 7) is 0.426. The fourth-order valence-electron chi connectivity index (χ4n) is 2.45. The van der Waals surface area contributed by atoms with Crippen LogP contribution in [0.1, 0.15) is 5.76 Å². The molecule has 4 rings (SSSR count). The smallest absolute Gasteiger partial charge is 0.182 e. The number of fused-ring (bicyclic) bond motifs is 3. The molecule has 0 unspecified atom stereocenters. The molecule has 3 nitrogen and oxygen atoms in total.